The van der Waals surface area contributed by atoms with Crippen molar-refractivity contribution in [2.75, 3.05) is 25.5 Å². The average Bonchev–Trinajstić information content (AvgIpc) is 2.60. The number of nitrogens with one attached hydrogen (secondary N) is 1. The van der Waals surface area contributed by atoms with E-state index in [9.17, 15) is 4.79 Å². The molecule has 1 aliphatic rings. The Bertz CT molecular complexity index is 377. The van der Waals surface area contributed by atoms with Crippen molar-refractivity contribution in [2.45, 2.75) is 0 Å². The normalized spacial score (nSPS) is 15.2. The van der Waals surface area contributed by atoms with Crippen molar-refractivity contribution in [3.63, 3.8) is 0 Å². The van der Waals surface area contributed by atoms with Gasteiger partial charge in [0.2, 0.25) is 0 Å². The Balaban J connectivity index is 2.07. The number of nitrogens with zero attached hydrogens (tertiary/aromatic N) is 2. The van der Waals surface area contributed by atoms with Crippen LogP contribution < -0.4 is 5.32 Å². The predicted octanol–water partition coefficient (Wildman–Crippen LogP) is 1.20. The van der Waals surface area contributed by atoms with Crippen molar-refractivity contribution in [3.8, 4) is 0 Å². The summed E-state index contributed by atoms with van der Waals surface area (Å²) < 4.78 is 0. The Hall–Kier alpha value is -1.36. The minimum atomic E-state index is -0.00449. The van der Waals surface area contributed by atoms with Crippen LogP contribution in [0.4, 0.5) is 5.13 Å². The first kappa shape index (κ1) is 9.21. The zero-order chi connectivity index (χ0) is 10.1. The van der Waals surface area contributed by atoms with E-state index in [1.165, 1.54) is 11.3 Å². The van der Waals surface area contributed by atoms with Crippen LogP contribution in [0, 0.1) is 0 Å². The Morgan fingerprint density at radius 2 is 2.43 bits per heavy atom. The van der Waals surface area contributed by atoms with Crippen LogP contribution in [0.15, 0.2) is 17.5 Å². The highest BCUT2D eigenvalue weighted by Crippen LogP contribution is 2.19. The van der Waals surface area contributed by atoms with Gasteiger partial charge in [0, 0.05) is 25.5 Å². The van der Waals surface area contributed by atoms with Crippen molar-refractivity contribution in [3.05, 3.63) is 23.2 Å². The summed E-state index contributed by atoms with van der Waals surface area (Å²) in [5.74, 6) is -0.00449. The van der Waals surface area contributed by atoms with Gasteiger partial charge in [0.15, 0.2) is 5.13 Å². The monoisotopic (exact) mass is 209 g/mol. The van der Waals surface area contributed by atoms with E-state index in [1.807, 2.05) is 0 Å². The molecule has 1 saturated heterocycles. The minimum Gasteiger partial charge on any atom is -0.365 e. The molecule has 2 heterocycles. The van der Waals surface area contributed by atoms with Gasteiger partial charge >= 0.3 is 0 Å². The van der Waals surface area contributed by atoms with Crippen LogP contribution >= 0.6 is 11.3 Å². The second-order valence-corrected chi connectivity index (χ2v) is 4.06. The molecular weight excluding hydrogens is 198 g/mol. The lowest BCUT2D eigenvalue weighted by molar-refractivity contribution is 0.0723. The third-order valence-corrected chi connectivity index (χ3v) is 2.91. The zero-order valence-electron chi connectivity index (χ0n) is 7.91. The standard InChI is InChI=1S/C9H11N3OS/c1-6-3-12(4-6)8(13)7-5-14-9(10-2)11-7/h5H,1,3-4H2,2H3,(H,10,11). The van der Waals surface area contributed by atoms with Crippen LogP contribution in [0.2, 0.25) is 0 Å². The van der Waals surface area contributed by atoms with Crippen molar-refractivity contribution < 1.29 is 4.79 Å². The van der Waals surface area contributed by atoms with Crippen molar-refractivity contribution >= 4 is 22.4 Å². The fourth-order valence-electron chi connectivity index (χ4n) is 1.29. The number of carbonyl (C=O) groups is 1. The van der Waals surface area contributed by atoms with Gasteiger partial charge in [-0.2, -0.15) is 0 Å². The Morgan fingerprint density at radius 3 is 2.93 bits per heavy atom. The number of aromatic nitrogens is 1. The van der Waals surface area contributed by atoms with Gasteiger partial charge in [-0.05, 0) is 5.57 Å². The van der Waals surface area contributed by atoms with E-state index < -0.39 is 0 Å². The van der Waals surface area contributed by atoms with Crippen molar-refractivity contribution in [1.29, 1.82) is 0 Å². The fraction of sp³-hybridized carbons (Fsp3) is 0.333. The van der Waals surface area contributed by atoms with Gasteiger partial charge in [-0.1, -0.05) is 6.58 Å². The smallest absolute Gasteiger partial charge is 0.273 e. The fourth-order valence-corrected chi connectivity index (χ4v) is 1.93. The lowest BCUT2D eigenvalue weighted by Gasteiger charge is -2.32. The highest BCUT2D eigenvalue weighted by atomic mass is 32.1. The number of hydrogen-bond acceptors (Lipinski definition) is 4. The second-order valence-electron chi connectivity index (χ2n) is 3.20. The van der Waals surface area contributed by atoms with Crippen LogP contribution in [0.3, 0.4) is 0 Å². The number of likely N-dealkylation sites (tertiary alicyclic amines) is 1. The van der Waals surface area contributed by atoms with Gasteiger partial charge in [-0.25, -0.2) is 4.98 Å². The van der Waals surface area contributed by atoms with Gasteiger partial charge in [-0.15, -0.1) is 11.3 Å². The molecule has 0 aromatic carbocycles. The molecular formula is C9H11N3OS. The zero-order valence-corrected chi connectivity index (χ0v) is 8.73. The molecule has 1 aliphatic heterocycles. The predicted molar refractivity (Wildman–Crippen MR) is 56.7 cm³/mol. The molecule has 1 N–H and O–H groups in total. The topological polar surface area (TPSA) is 45.2 Å². The first-order chi connectivity index (χ1) is 6.70. The minimum absolute atomic E-state index is 0.00449. The average molecular weight is 209 g/mol. The van der Waals surface area contributed by atoms with E-state index >= 15 is 0 Å². The van der Waals surface area contributed by atoms with E-state index in [-0.39, 0.29) is 5.91 Å². The molecule has 4 nitrogen and oxygen atoms in total. The van der Waals surface area contributed by atoms with E-state index in [1.54, 1.807) is 17.3 Å². The van der Waals surface area contributed by atoms with E-state index in [4.69, 9.17) is 0 Å². The van der Waals surface area contributed by atoms with E-state index in [2.05, 4.69) is 16.9 Å². The third kappa shape index (κ3) is 1.50. The first-order valence-corrected chi connectivity index (χ1v) is 5.18. The lowest BCUT2D eigenvalue weighted by atomic mass is 10.1. The summed E-state index contributed by atoms with van der Waals surface area (Å²) in [6.07, 6.45) is 0. The van der Waals surface area contributed by atoms with Crippen LogP contribution in [0.25, 0.3) is 0 Å². The molecule has 5 heteroatoms. The lowest BCUT2D eigenvalue weighted by Crippen LogP contribution is -2.44. The summed E-state index contributed by atoms with van der Waals surface area (Å²) in [5.41, 5.74) is 1.62. The Labute approximate surface area is 86.3 Å². The molecule has 0 bridgehead atoms. The van der Waals surface area contributed by atoms with Crippen LogP contribution in [0.5, 0.6) is 0 Å². The van der Waals surface area contributed by atoms with Crippen molar-refractivity contribution in [2.24, 2.45) is 0 Å². The van der Waals surface area contributed by atoms with Gasteiger partial charge in [-0.3, -0.25) is 4.79 Å². The highest BCUT2D eigenvalue weighted by Gasteiger charge is 2.26. The summed E-state index contributed by atoms with van der Waals surface area (Å²) in [5, 5.41) is 5.45. The number of carbonyl (C=O) groups excluding carboxylic acids is 1. The molecule has 14 heavy (non-hydrogen) atoms. The van der Waals surface area contributed by atoms with E-state index in [0.717, 1.165) is 10.7 Å². The summed E-state index contributed by atoms with van der Waals surface area (Å²) >= 11 is 1.44. The summed E-state index contributed by atoms with van der Waals surface area (Å²) in [4.78, 5) is 17.6. The van der Waals surface area contributed by atoms with Gasteiger partial charge in [0.25, 0.3) is 5.91 Å². The molecule has 1 aromatic heterocycles. The number of anilines is 1. The summed E-state index contributed by atoms with van der Waals surface area (Å²) in [7, 11) is 1.79. The molecule has 0 unspecified atom stereocenters. The van der Waals surface area contributed by atoms with Crippen LogP contribution in [-0.4, -0.2) is 35.9 Å². The number of hydrogen-bond donors (Lipinski definition) is 1. The van der Waals surface area contributed by atoms with Gasteiger partial charge < -0.3 is 10.2 Å². The van der Waals surface area contributed by atoms with Crippen LogP contribution in [0.1, 0.15) is 10.5 Å². The third-order valence-electron chi connectivity index (χ3n) is 2.05. The first-order valence-electron chi connectivity index (χ1n) is 4.30. The van der Waals surface area contributed by atoms with Crippen molar-refractivity contribution in [1.82, 2.24) is 9.88 Å². The summed E-state index contributed by atoms with van der Waals surface area (Å²) in [6.45, 7) is 5.13. The Kier molecular flexibility index (Phi) is 2.25. The van der Waals surface area contributed by atoms with Gasteiger partial charge in [0.1, 0.15) is 5.69 Å². The van der Waals surface area contributed by atoms with Crippen LogP contribution in [-0.2, 0) is 0 Å². The van der Waals surface area contributed by atoms with E-state index in [0.29, 0.717) is 18.8 Å². The molecule has 1 aromatic rings. The maximum Gasteiger partial charge on any atom is 0.273 e. The molecule has 1 amide bonds. The maximum absolute atomic E-state index is 11.7. The Morgan fingerprint density at radius 1 is 1.71 bits per heavy atom. The molecule has 0 atom stereocenters. The molecule has 0 aliphatic carbocycles. The second kappa shape index (κ2) is 3.42. The molecule has 74 valence electrons. The molecule has 0 saturated carbocycles. The molecule has 2 rings (SSSR count). The summed E-state index contributed by atoms with van der Waals surface area (Å²) in [6, 6.07) is 0. The molecule has 0 spiro atoms. The highest BCUT2D eigenvalue weighted by molar-refractivity contribution is 7.13. The number of rotatable bonds is 2. The largest absolute Gasteiger partial charge is 0.365 e. The molecule has 0 radical (unpaired) electrons. The molecule has 1 fully saturated rings. The maximum atomic E-state index is 11.7. The quantitative estimate of drug-likeness (QED) is 0.744. The number of amides is 1. The SMILES string of the molecule is C=C1CN(C(=O)c2csc(NC)n2)C1. The van der Waals surface area contributed by atoms with Gasteiger partial charge in [0.05, 0.1) is 0 Å². The number of thiazole rings is 1.